The van der Waals surface area contributed by atoms with E-state index in [4.69, 9.17) is 0 Å². The second-order valence-electron chi connectivity index (χ2n) is 3.48. The van der Waals surface area contributed by atoms with E-state index in [2.05, 4.69) is 23.8 Å². The van der Waals surface area contributed by atoms with Crippen LogP contribution in [0.15, 0.2) is 0 Å². The van der Waals surface area contributed by atoms with Gasteiger partial charge in [0.15, 0.2) is 0 Å². The highest BCUT2D eigenvalue weighted by Crippen LogP contribution is 2.34. The van der Waals surface area contributed by atoms with Crippen molar-refractivity contribution in [2.45, 2.75) is 25.4 Å². The molecule has 1 aliphatic heterocycles. The molecule has 10 heavy (non-hydrogen) atoms. The van der Waals surface area contributed by atoms with Crippen molar-refractivity contribution in [1.29, 1.82) is 0 Å². The van der Waals surface area contributed by atoms with Crippen LogP contribution in [0.25, 0.3) is 0 Å². The van der Waals surface area contributed by atoms with Gasteiger partial charge < -0.3 is 4.90 Å². The molecule has 0 amide bonds. The first-order valence-corrected chi connectivity index (χ1v) is 4.27. The summed E-state index contributed by atoms with van der Waals surface area (Å²) >= 11 is 0. The number of piperazine rings is 1. The molecule has 0 aromatic heterocycles. The third-order valence-corrected chi connectivity index (χ3v) is 2.91. The summed E-state index contributed by atoms with van der Waals surface area (Å²) in [4.78, 5) is 5.10. The maximum absolute atomic E-state index is 2.60. The highest BCUT2D eigenvalue weighted by Gasteiger charge is 2.46. The Hall–Kier alpha value is -0.0800. The molecule has 2 fully saturated rings. The molecule has 1 saturated heterocycles. The van der Waals surface area contributed by atoms with E-state index >= 15 is 0 Å². The van der Waals surface area contributed by atoms with Crippen LogP contribution in [0.2, 0.25) is 0 Å². The Morgan fingerprint density at radius 1 is 1.30 bits per heavy atom. The van der Waals surface area contributed by atoms with Crippen LogP contribution < -0.4 is 0 Å². The van der Waals surface area contributed by atoms with Gasteiger partial charge in [0, 0.05) is 25.2 Å². The van der Waals surface area contributed by atoms with Gasteiger partial charge in [0.2, 0.25) is 0 Å². The van der Waals surface area contributed by atoms with Gasteiger partial charge in [-0.2, -0.15) is 0 Å². The highest BCUT2D eigenvalue weighted by molar-refractivity contribution is 5.04. The molecule has 0 aromatic rings. The SMILES string of the molecule is CCN1CCN(C)C2CC21. The minimum absolute atomic E-state index is 0.911. The lowest BCUT2D eigenvalue weighted by Crippen LogP contribution is -2.44. The molecule has 0 radical (unpaired) electrons. The summed E-state index contributed by atoms with van der Waals surface area (Å²) in [6.07, 6.45) is 1.42. The van der Waals surface area contributed by atoms with Gasteiger partial charge in [-0.3, -0.25) is 4.90 Å². The topological polar surface area (TPSA) is 6.48 Å². The average molecular weight is 140 g/mol. The molecule has 2 aliphatic rings. The molecular formula is C8H16N2. The van der Waals surface area contributed by atoms with E-state index in [1.54, 1.807) is 0 Å². The van der Waals surface area contributed by atoms with Crippen LogP contribution in [0, 0.1) is 0 Å². The molecule has 1 aliphatic carbocycles. The summed E-state index contributed by atoms with van der Waals surface area (Å²) in [5, 5.41) is 0. The molecule has 58 valence electrons. The standard InChI is InChI=1S/C8H16N2/c1-3-10-5-4-9(2)7-6-8(7)10/h7-8H,3-6H2,1-2H3. The Labute approximate surface area is 62.8 Å². The van der Waals surface area contributed by atoms with E-state index in [1.165, 1.54) is 26.1 Å². The first-order valence-electron chi connectivity index (χ1n) is 4.27. The Morgan fingerprint density at radius 3 is 2.80 bits per heavy atom. The van der Waals surface area contributed by atoms with E-state index in [-0.39, 0.29) is 0 Å². The molecule has 2 rings (SSSR count). The quantitative estimate of drug-likeness (QED) is 0.520. The van der Waals surface area contributed by atoms with E-state index in [0.29, 0.717) is 0 Å². The summed E-state index contributed by atoms with van der Waals surface area (Å²) in [5.41, 5.74) is 0. The Kier molecular flexibility index (Phi) is 1.46. The van der Waals surface area contributed by atoms with Crippen LogP contribution in [0.4, 0.5) is 0 Å². The molecule has 2 nitrogen and oxygen atoms in total. The molecule has 2 heteroatoms. The van der Waals surface area contributed by atoms with Crippen molar-refractivity contribution in [3.8, 4) is 0 Å². The zero-order valence-corrected chi connectivity index (χ0v) is 6.88. The van der Waals surface area contributed by atoms with Gasteiger partial charge in [0.25, 0.3) is 0 Å². The van der Waals surface area contributed by atoms with E-state index in [1.807, 2.05) is 0 Å². The second-order valence-corrected chi connectivity index (χ2v) is 3.48. The maximum Gasteiger partial charge on any atom is 0.0267 e. The van der Waals surface area contributed by atoms with Gasteiger partial charge in [-0.25, -0.2) is 0 Å². The normalized spacial score (nSPS) is 41.4. The number of hydrogen-bond donors (Lipinski definition) is 0. The summed E-state index contributed by atoms with van der Waals surface area (Å²) in [5.74, 6) is 0. The van der Waals surface area contributed by atoms with Crippen molar-refractivity contribution >= 4 is 0 Å². The van der Waals surface area contributed by atoms with Crippen molar-refractivity contribution in [3.05, 3.63) is 0 Å². The predicted molar refractivity (Wildman–Crippen MR) is 42.1 cm³/mol. The van der Waals surface area contributed by atoms with E-state index in [9.17, 15) is 0 Å². The van der Waals surface area contributed by atoms with Gasteiger partial charge in [-0.05, 0) is 20.0 Å². The molecule has 0 N–H and O–H groups in total. The van der Waals surface area contributed by atoms with Gasteiger partial charge >= 0.3 is 0 Å². The first kappa shape index (κ1) is 6.62. The number of nitrogens with zero attached hydrogens (tertiary/aromatic N) is 2. The third-order valence-electron chi connectivity index (χ3n) is 2.91. The average Bonchev–Trinajstić information content (AvgIpc) is 2.68. The Balaban J connectivity index is 1.95. The second kappa shape index (κ2) is 2.21. The first-order chi connectivity index (χ1) is 4.83. The Bertz CT molecular complexity index is 135. The molecule has 0 bridgehead atoms. The minimum Gasteiger partial charge on any atom is -0.301 e. The molecule has 1 saturated carbocycles. The molecule has 0 aromatic carbocycles. The summed E-state index contributed by atoms with van der Waals surface area (Å²) in [6.45, 7) is 6.07. The van der Waals surface area contributed by atoms with Crippen LogP contribution >= 0.6 is 0 Å². The predicted octanol–water partition coefficient (Wildman–Crippen LogP) is 0.395. The molecular weight excluding hydrogens is 124 g/mol. The molecule has 0 spiro atoms. The number of likely N-dealkylation sites (N-methyl/N-ethyl adjacent to an activating group) is 2. The largest absolute Gasteiger partial charge is 0.301 e. The number of hydrogen-bond acceptors (Lipinski definition) is 2. The lowest BCUT2D eigenvalue weighted by molar-refractivity contribution is 0.156. The van der Waals surface area contributed by atoms with Crippen LogP contribution in [0.5, 0.6) is 0 Å². The van der Waals surface area contributed by atoms with Crippen molar-refractivity contribution < 1.29 is 0 Å². The van der Waals surface area contributed by atoms with Gasteiger partial charge in [-0.15, -0.1) is 0 Å². The van der Waals surface area contributed by atoms with Crippen molar-refractivity contribution in [2.75, 3.05) is 26.7 Å². The zero-order chi connectivity index (χ0) is 7.14. The summed E-state index contributed by atoms with van der Waals surface area (Å²) in [7, 11) is 2.25. The van der Waals surface area contributed by atoms with E-state index < -0.39 is 0 Å². The fourth-order valence-electron chi connectivity index (χ4n) is 2.05. The van der Waals surface area contributed by atoms with Crippen LogP contribution in [0.1, 0.15) is 13.3 Å². The lowest BCUT2D eigenvalue weighted by atomic mass is 10.3. The van der Waals surface area contributed by atoms with Crippen LogP contribution in [-0.4, -0.2) is 48.6 Å². The van der Waals surface area contributed by atoms with Crippen molar-refractivity contribution in [1.82, 2.24) is 9.80 Å². The van der Waals surface area contributed by atoms with Gasteiger partial charge in [-0.1, -0.05) is 6.92 Å². The lowest BCUT2D eigenvalue weighted by Gasteiger charge is -2.30. The van der Waals surface area contributed by atoms with Gasteiger partial charge in [0.1, 0.15) is 0 Å². The number of rotatable bonds is 1. The fourth-order valence-corrected chi connectivity index (χ4v) is 2.05. The van der Waals surface area contributed by atoms with Gasteiger partial charge in [0.05, 0.1) is 0 Å². The van der Waals surface area contributed by atoms with Crippen LogP contribution in [0.3, 0.4) is 0 Å². The van der Waals surface area contributed by atoms with Crippen LogP contribution in [-0.2, 0) is 0 Å². The molecule has 2 atom stereocenters. The molecule has 2 unspecified atom stereocenters. The maximum atomic E-state index is 2.60. The monoisotopic (exact) mass is 140 g/mol. The zero-order valence-electron chi connectivity index (χ0n) is 6.88. The van der Waals surface area contributed by atoms with E-state index in [0.717, 1.165) is 12.1 Å². The summed E-state index contributed by atoms with van der Waals surface area (Å²) < 4.78 is 0. The minimum atomic E-state index is 0.911. The summed E-state index contributed by atoms with van der Waals surface area (Å²) in [6, 6.07) is 1.83. The highest BCUT2D eigenvalue weighted by atomic mass is 15.3. The van der Waals surface area contributed by atoms with Crippen molar-refractivity contribution in [2.24, 2.45) is 0 Å². The Morgan fingerprint density at radius 2 is 2.10 bits per heavy atom. The smallest absolute Gasteiger partial charge is 0.0267 e. The molecule has 1 heterocycles. The third kappa shape index (κ3) is 0.867. The fraction of sp³-hybridized carbons (Fsp3) is 1.00. The van der Waals surface area contributed by atoms with Crippen molar-refractivity contribution in [3.63, 3.8) is 0 Å². The number of fused-ring (bicyclic) bond motifs is 1.